The molecular weight excluding hydrogens is 535 g/mol. The Morgan fingerprint density at radius 1 is 1.27 bits per heavy atom. The molecule has 3 rings (SSSR count). The summed E-state index contributed by atoms with van der Waals surface area (Å²) in [7, 11) is -9.13. The monoisotopic (exact) mass is 554 g/mol. The van der Waals surface area contributed by atoms with E-state index in [0.717, 1.165) is 0 Å². The molecule has 1 aliphatic heterocycles. The average Bonchev–Trinajstić information content (AvgIpc) is 3.07. The van der Waals surface area contributed by atoms with Crippen LogP contribution in [0, 0.1) is 0 Å². The van der Waals surface area contributed by atoms with Gasteiger partial charge in [0.25, 0.3) is 11.5 Å². The van der Waals surface area contributed by atoms with Crippen molar-refractivity contribution in [1.82, 2.24) is 14.5 Å². The molecule has 1 saturated heterocycles. The largest absolute Gasteiger partial charge is 0.479 e. The second-order valence-corrected chi connectivity index (χ2v) is 12.5. The predicted octanol–water partition coefficient (Wildman–Crippen LogP) is -2.79. The third-order valence-electron chi connectivity index (χ3n) is 4.22. The number of hydrogen-bond donors (Lipinski definition) is 8. The number of nitrogens with zero attached hydrogens (tertiary/aromatic N) is 3. The Bertz CT molecular complexity index is 1260. The van der Waals surface area contributed by atoms with Gasteiger partial charge >= 0.3 is 28.0 Å². The number of phosphoric ester groups is 1. The zero-order valence-electron chi connectivity index (χ0n) is 16.3. The highest BCUT2D eigenvalue weighted by atomic mass is 32.5. The highest BCUT2D eigenvalue weighted by Crippen LogP contribution is 2.66. The van der Waals surface area contributed by atoms with Crippen LogP contribution in [-0.2, 0) is 45.9 Å². The lowest BCUT2D eigenvalue weighted by molar-refractivity contribution is -0.745. The minimum atomic E-state index is -5.36. The number of phosphoric acid groups is 2. The number of ether oxygens (including phenoxy) is 1. The lowest BCUT2D eigenvalue weighted by atomic mass is 10.1. The molecule has 2 aromatic rings. The van der Waals surface area contributed by atoms with Gasteiger partial charge in [0.15, 0.2) is 6.33 Å². The van der Waals surface area contributed by atoms with Gasteiger partial charge in [0, 0.05) is 0 Å². The molecule has 0 aliphatic carbocycles. The molecule has 2 aromatic heterocycles. The van der Waals surface area contributed by atoms with Crippen molar-refractivity contribution in [3.8, 4) is 0 Å². The number of rotatable bonds is 8. The second-order valence-electron chi connectivity index (χ2n) is 6.69. The van der Waals surface area contributed by atoms with Crippen LogP contribution >= 0.6 is 22.4 Å². The van der Waals surface area contributed by atoms with E-state index in [1.165, 1.54) is 22.5 Å². The van der Waals surface area contributed by atoms with Crippen LogP contribution in [0.4, 0.5) is 5.95 Å². The number of nitrogens with one attached hydrogen (secondary N) is 1. The summed E-state index contributed by atoms with van der Waals surface area (Å²) < 4.78 is 43.2. The number of aliphatic hydroxyl groups is 2. The van der Waals surface area contributed by atoms with Crippen LogP contribution in [0.25, 0.3) is 11.2 Å². The SMILES string of the molecule is Cn1c[n+]([C@@H]2O[C@H](COP(=O)(O)OP(O)(=S)OP(=O)(O)O)[C@@H](O)[C@H]2O)c2nc(N)[nH]c(=O)c21. The summed E-state index contributed by atoms with van der Waals surface area (Å²) in [4.78, 5) is 54.9. The van der Waals surface area contributed by atoms with Gasteiger partial charge in [0.1, 0.15) is 18.3 Å². The topological polar surface area (TPSA) is 273 Å². The van der Waals surface area contributed by atoms with Crippen molar-refractivity contribution in [3.05, 3.63) is 16.7 Å². The minimum absolute atomic E-state index is 0.00304. The molecular formula is C11H19N5O13P3S+. The van der Waals surface area contributed by atoms with E-state index < -0.39 is 59.1 Å². The Morgan fingerprint density at radius 3 is 2.52 bits per heavy atom. The number of aryl methyl sites for hydroxylation is 1. The molecule has 186 valence electrons. The number of aliphatic hydroxyl groups excluding tert-OH is 2. The Hall–Kier alpha value is -1.14. The summed E-state index contributed by atoms with van der Waals surface area (Å²) in [6, 6.07) is 0. The lowest BCUT2D eigenvalue weighted by Gasteiger charge is -2.20. The van der Waals surface area contributed by atoms with E-state index in [-0.39, 0.29) is 17.1 Å². The number of aromatic nitrogens is 4. The quantitative estimate of drug-likeness (QED) is 0.121. The van der Waals surface area contributed by atoms with Crippen molar-refractivity contribution in [2.45, 2.75) is 24.5 Å². The average molecular weight is 554 g/mol. The maximum atomic E-state index is 12.1. The van der Waals surface area contributed by atoms with Crippen LogP contribution in [0.2, 0.25) is 0 Å². The van der Waals surface area contributed by atoms with Crippen LogP contribution in [0.1, 0.15) is 6.23 Å². The number of nitrogens with two attached hydrogens (primary N) is 1. The van der Waals surface area contributed by atoms with Gasteiger partial charge < -0.3 is 40.3 Å². The molecule has 3 heterocycles. The van der Waals surface area contributed by atoms with Gasteiger partial charge in [-0.1, -0.05) is 4.98 Å². The molecule has 0 spiro atoms. The van der Waals surface area contributed by atoms with E-state index in [1.54, 1.807) is 0 Å². The summed E-state index contributed by atoms with van der Waals surface area (Å²) in [6.07, 6.45) is -4.77. The van der Waals surface area contributed by atoms with Crippen molar-refractivity contribution in [1.29, 1.82) is 0 Å². The van der Waals surface area contributed by atoms with Crippen molar-refractivity contribution in [2.75, 3.05) is 12.3 Å². The van der Waals surface area contributed by atoms with Crippen LogP contribution in [0.15, 0.2) is 11.1 Å². The number of fused-ring (bicyclic) bond motifs is 1. The first kappa shape index (κ1) is 26.5. The van der Waals surface area contributed by atoms with Crippen molar-refractivity contribution in [2.24, 2.45) is 7.05 Å². The van der Waals surface area contributed by atoms with Gasteiger partial charge in [-0.05, 0) is 11.8 Å². The third-order valence-corrected chi connectivity index (χ3v) is 9.22. The molecule has 1 aliphatic rings. The lowest BCUT2D eigenvalue weighted by Crippen LogP contribution is -2.46. The molecule has 0 saturated carbocycles. The highest BCUT2D eigenvalue weighted by molar-refractivity contribution is 8.09. The van der Waals surface area contributed by atoms with E-state index in [0.29, 0.717) is 0 Å². The van der Waals surface area contributed by atoms with Crippen LogP contribution < -0.4 is 15.9 Å². The van der Waals surface area contributed by atoms with Crippen molar-refractivity contribution < 1.29 is 61.4 Å². The standard InChI is InChI=1S/C11H18N5O13P3S/c1-15-3-16(8-5(15)9(19)14-11(12)13-8)10-7(18)6(17)4(27-10)2-26-31(23,24)29-32(25,33)28-30(20,21)22/h3-4,6-7,10,17-18H,2H2,1H3,(H6-,12,13,14,19,20,21,22,23,24,25,33)/p+1/t4-,6-,7-,10-,32?/m1/s1. The number of H-pyrrole nitrogens is 1. The van der Waals surface area contributed by atoms with Gasteiger partial charge in [-0.2, -0.15) is 0 Å². The van der Waals surface area contributed by atoms with Gasteiger partial charge in [0.2, 0.25) is 11.7 Å². The Kier molecular flexibility index (Phi) is 7.33. The fraction of sp³-hybridized carbons (Fsp3) is 0.545. The highest BCUT2D eigenvalue weighted by Gasteiger charge is 2.48. The van der Waals surface area contributed by atoms with Gasteiger partial charge in [-0.15, -0.1) is 0 Å². The zero-order chi connectivity index (χ0) is 24.9. The maximum Gasteiger partial charge on any atom is 0.479 e. The van der Waals surface area contributed by atoms with Crippen LogP contribution in [0.5, 0.6) is 0 Å². The molecule has 2 unspecified atom stereocenters. The number of imidazole rings is 1. The predicted molar refractivity (Wildman–Crippen MR) is 108 cm³/mol. The maximum absolute atomic E-state index is 12.1. The first-order valence-corrected chi connectivity index (χ1v) is 14.2. The number of aromatic amines is 1. The Labute approximate surface area is 188 Å². The molecule has 0 aromatic carbocycles. The molecule has 0 radical (unpaired) electrons. The summed E-state index contributed by atoms with van der Waals surface area (Å²) in [5.41, 5.74) is 5.05. The van der Waals surface area contributed by atoms with Crippen LogP contribution in [-0.4, -0.2) is 69.2 Å². The summed E-state index contributed by atoms with van der Waals surface area (Å²) in [5.74, 6) is -0.226. The van der Waals surface area contributed by atoms with Gasteiger partial charge in [0.05, 0.1) is 13.7 Å². The fourth-order valence-corrected chi connectivity index (χ4v) is 7.59. The first-order chi connectivity index (χ1) is 15.0. The number of nitrogen functional groups attached to an aromatic ring is 1. The zero-order valence-corrected chi connectivity index (χ0v) is 19.8. The van der Waals surface area contributed by atoms with Crippen molar-refractivity contribution in [3.63, 3.8) is 0 Å². The molecule has 9 N–H and O–H groups in total. The summed E-state index contributed by atoms with van der Waals surface area (Å²) in [5, 5.41) is 20.7. The molecule has 22 heteroatoms. The molecule has 6 atom stereocenters. The van der Waals surface area contributed by atoms with E-state index in [4.69, 9.17) is 20.3 Å². The van der Waals surface area contributed by atoms with E-state index in [9.17, 15) is 33.9 Å². The molecule has 0 bridgehead atoms. The second kappa shape index (κ2) is 9.14. The first-order valence-electron chi connectivity index (χ1n) is 8.55. The molecule has 0 amide bonds. The number of hydrogen-bond acceptors (Lipinski definition) is 12. The van der Waals surface area contributed by atoms with Crippen molar-refractivity contribution >= 4 is 51.3 Å². The molecule has 1 fully saturated rings. The van der Waals surface area contributed by atoms with E-state index in [1.807, 2.05) is 0 Å². The minimum Gasteiger partial charge on any atom is -0.387 e. The van der Waals surface area contributed by atoms with Gasteiger partial charge in [-0.25, -0.2) is 22.3 Å². The number of anilines is 1. The van der Waals surface area contributed by atoms with Gasteiger partial charge in [-0.3, -0.25) is 18.9 Å². The Balaban J connectivity index is 1.76. The summed E-state index contributed by atoms with van der Waals surface area (Å²) >= 11 is 4.23. The smallest absolute Gasteiger partial charge is 0.387 e. The van der Waals surface area contributed by atoms with E-state index in [2.05, 4.69) is 34.9 Å². The van der Waals surface area contributed by atoms with Crippen LogP contribution in [0.3, 0.4) is 0 Å². The molecule has 18 nitrogen and oxygen atoms in total. The normalized spacial score (nSPS) is 27.5. The molecule has 33 heavy (non-hydrogen) atoms. The van der Waals surface area contributed by atoms with E-state index >= 15 is 0 Å². The summed E-state index contributed by atoms with van der Waals surface area (Å²) in [6.45, 7) is -5.81. The third kappa shape index (κ3) is 6.11. The fourth-order valence-electron chi connectivity index (χ4n) is 3.02. The Morgan fingerprint density at radius 2 is 1.91 bits per heavy atom.